The fourth-order valence-electron chi connectivity index (χ4n) is 5.29. The summed E-state index contributed by atoms with van der Waals surface area (Å²) in [6.07, 6.45) is 9.23. The zero-order chi connectivity index (χ0) is 19.6. The Bertz CT molecular complexity index is 684. The lowest BCUT2D eigenvalue weighted by molar-refractivity contribution is -0.139. The van der Waals surface area contributed by atoms with Crippen molar-refractivity contribution >= 4 is 11.8 Å². The molecule has 28 heavy (non-hydrogen) atoms. The molecule has 152 valence electrons. The first kappa shape index (κ1) is 19.5. The average Bonchev–Trinajstić information content (AvgIpc) is 3.46. The Morgan fingerprint density at radius 1 is 1.07 bits per heavy atom. The number of carbonyl (C=O) groups excluding carboxylic acids is 2. The molecule has 2 amide bonds. The predicted molar refractivity (Wildman–Crippen MR) is 111 cm³/mol. The Morgan fingerprint density at radius 2 is 1.71 bits per heavy atom. The average molecular weight is 383 g/mol. The summed E-state index contributed by atoms with van der Waals surface area (Å²) in [4.78, 5) is 27.9. The van der Waals surface area contributed by atoms with E-state index < -0.39 is 0 Å². The molecule has 4 nitrogen and oxygen atoms in total. The molecule has 1 aromatic rings. The van der Waals surface area contributed by atoms with E-state index in [9.17, 15) is 9.59 Å². The van der Waals surface area contributed by atoms with Crippen molar-refractivity contribution < 1.29 is 9.59 Å². The molecule has 3 fully saturated rings. The van der Waals surface area contributed by atoms with Gasteiger partial charge in [-0.2, -0.15) is 0 Å². The first-order valence-corrected chi connectivity index (χ1v) is 11.2. The number of hydrogen-bond donors (Lipinski definition) is 1. The highest BCUT2D eigenvalue weighted by Crippen LogP contribution is 2.43. The molecule has 1 atom stereocenters. The van der Waals surface area contributed by atoms with E-state index >= 15 is 0 Å². The summed E-state index contributed by atoms with van der Waals surface area (Å²) < 4.78 is 0. The molecule has 1 saturated heterocycles. The lowest BCUT2D eigenvalue weighted by Gasteiger charge is -2.38. The van der Waals surface area contributed by atoms with E-state index in [4.69, 9.17) is 0 Å². The van der Waals surface area contributed by atoms with Crippen molar-refractivity contribution in [1.29, 1.82) is 0 Å². The third-order valence-corrected chi connectivity index (χ3v) is 7.29. The standard InChI is InChI=1S/C24H34N2O2/c1-18(20-9-10-20)25-22(27)17-19-11-15-26(16-12-19)23(28)24(13-5-6-14-24)21-7-3-2-4-8-21/h2-4,7-8,18-20H,5-6,9-17H2,1H3,(H,25,27). The second-order valence-electron chi connectivity index (χ2n) is 9.29. The molecule has 0 aromatic heterocycles. The molecule has 0 spiro atoms. The molecule has 0 radical (unpaired) electrons. The van der Waals surface area contributed by atoms with Crippen LogP contribution in [0.4, 0.5) is 0 Å². The number of piperidine rings is 1. The largest absolute Gasteiger partial charge is 0.353 e. The smallest absolute Gasteiger partial charge is 0.233 e. The molecular formula is C24H34N2O2. The maximum atomic E-state index is 13.5. The van der Waals surface area contributed by atoms with E-state index in [1.807, 2.05) is 6.07 Å². The Labute approximate surface area is 169 Å². The van der Waals surface area contributed by atoms with Gasteiger partial charge in [0.05, 0.1) is 5.41 Å². The molecule has 1 heterocycles. The fraction of sp³-hybridized carbons (Fsp3) is 0.667. The van der Waals surface area contributed by atoms with Gasteiger partial charge >= 0.3 is 0 Å². The Kier molecular flexibility index (Phi) is 5.75. The minimum absolute atomic E-state index is 0.195. The van der Waals surface area contributed by atoms with E-state index in [1.165, 1.54) is 18.4 Å². The Balaban J connectivity index is 1.32. The normalized spacial score (nSPS) is 23.4. The van der Waals surface area contributed by atoms with Crippen molar-refractivity contribution in [2.45, 2.75) is 76.2 Å². The fourth-order valence-corrected chi connectivity index (χ4v) is 5.29. The first-order chi connectivity index (χ1) is 13.6. The van der Waals surface area contributed by atoms with Crippen molar-refractivity contribution in [1.82, 2.24) is 10.2 Å². The van der Waals surface area contributed by atoms with Crippen LogP contribution in [0.25, 0.3) is 0 Å². The third kappa shape index (κ3) is 4.11. The van der Waals surface area contributed by atoms with Crippen molar-refractivity contribution in [2.75, 3.05) is 13.1 Å². The lowest BCUT2D eigenvalue weighted by atomic mass is 9.77. The van der Waals surface area contributed by atoms with Crippen molar-refractivity contribution in [3.63, 3.8) is 0 Å². The van der Waals surface area contributed by atoms with Crippen LogP contribution in [-0.2, 0) is 15.0 Å². The number of nitrogens with zero attached hydrogens (tertiary/aromatic N) is 1. The highest BCUT2D eigenvalue weighted by atomic mass is 16.2. The molecule has 0 bridgehead atoms. The van der Waals surface area contributed by atoms with Crippen molar-refractivity contribution in [2.24, 2.45) is 11.8 Å². The molecule has 1 aliphatic heterocycles. The van der Waals surface area contributed by atoms with E-state index in [1.54, 1.807) is 0 Å². The lowest BCUT2D eigenvalue weighted by Crippen LogP contribution is -2.49. The van der Waals surface area contributed by atoms with Crippen molar-refractivity contribution in [3.8, 4) is 0 Å². The van der Waals surface area contributed by atoms with Gasteiger partial charge in [0.25, 0.3) is 0 Å². The molecular weight excluding hydrogens is 348 g/mol. The number of likely N-dealkylation sites (tertiary alicyclic amines) is 1. The summed E-state index contributed by atoms with van der Waals surface area (Å²) in [5.74, 6) is 1.62. The molecule has 1 unspecified atom stereocenters. The van der Waals surface area contributed by atoms with Gasteiger partial charge in [-0.3, -0.25) is 9.59 Å². The van der Waals surface area contributed by atoms with Gasteiger partial charge in [0, 0.05) is 25.6 Å². The Hall–Kier alpha value is -1.84. The van der Waals surface area contributed by atoms with Gasteiger partial charge in [-0.15, -0.1) is 0 Å². The van der Waals surface area contributed by atoms with Crippen molar-refractivity contribution in [3.05, 3.63) is 35.9 Å². The maximum absolute atomic E-state index is 13.5. The van der Waals surface area contributed by atoms with Crippen LogP contribution in [0.2, 0.25) is 0 Å². The quantitative estimate of drug-likeness (QED) is 0.807. The summed E-state index contributed by atoms with van der Waals surface area (Å²) in [6.45, 7) is 3.72. The maximum Gasteiger partial charge on any atom is 0.233 e. The minimum Gasteiger partial charge on any atom is -0.353 e. The summed E-state index contributed by atoms with van der Waals surface area (Å²) in [7, 11) is 0. The van der Waals surface area contributed by atoms with Crippen LogP contribution in [0.3, 0.4) is 0 Å². The predicted octanol–water partition coefficient (Wildman–Crippen LogP) is 4.04. The second-order valence-corrected chi connectivity index (χ2v) is 9.29. The number of rotatable bonds is 6. The molecule has 1 aromatic carbocycles. The molecule has 4 rings (SSSR count). The van der Waals surface area contributed by atoms with Crippen LogP contribution in [0.1, 0.15) is 70.3 Å². The van der Waals surface area contributed by atoms with Gasteiger partial charge in [-0.25, -0.2) is 0 Å². The van der Waals surface area contributed by atoms with Crippen LogP contribution in [-0.4, -0.2) is 35.8 Å². The monoisotopic (exact) mass is 382 g/mol. The summed E-state index contributed by atoms with van der Waals surface area (Å²) >= 11 is 0. The summed E-state index contributed by atoms with van der Waals surface area (Å²) in [5.41, 5.74) is 0.874. The topological polar surface area (TPSA) is 49.4 Å². The highest BCUT2D eigenvalue weighted by molar-refractivity contribution is 5.88. The van der Waals surface area contributed by atoms with Gasteiger partial charge in [0.2, 0.25) is 11.8 Å². The summed E-state index contributed by atoms with van der Waals surface area (Å²) in [5, 5.41) is 3.18. The highest BCUT2D eigenvalue weighted by Gasteiger charge is 2.45. The third-order valence-electron chi connectivity index (χ3n) is 7.29. The first-order valence-electron chi connectivity index (χ1n) is 11.2. The van der Waals surface area contributed by atoms with E-state index in [2.05, 4.69) is 41.4 Å². The van der Waals surface area contributed by atoms with Crippen LogP contribution < -0.4 is 5.32 Å². The second kappa shape index (κ2) is 8.26. The molecule has 2 saturated carbocycles. The zero-order valence-corrected chi connectivity index (χ0v) is 17.2. The van der Waals surface area contributed by atoms with Crippen LogP contribution in [0, 0.1) is 11.8 Å². The van der Waals surface area contributed by atoms with E-state index in [-0.39, 0.29) is 11.3 Å². The molecule has 2 aliphatic carbocycles. The van der Waals surface area contributed by atoms with Gasteiger partial charge in [0.1, 0.15) is 0 Å². The number of carbonyl (C=O) groups is 2. The number of nitrogens with one attached hydrogen (secondary N) is 1. The van der Waals surface area contributed by atoms with Crippen LogP contribution >= 0.6 is 0 Å². The van der Waals surface area contributed by atoms with Gasteiger partial charge in [-0.05, 0) is 62.8 Å². The summed E-state index contributed by atoms with van der Waals surface area (Å²) in [6, 6.07) is 10.7. The SMILES string of the molecule is CC(NC(=O)CC1CCN(C(=O)C2(c3ccccc3)CCCC2)CC1)C1CC1. The number of hydrogen-bond acceptors (Lipinski definition) is 2. The zero-order valence-electron chi connectivity index (χ0n) is 17.2. The van der Waals surface area contributed by atoms with E-state index in [0.717, 1.165) is 51.6 Å². The molecule has 1 N–H and O–H groups in total. The minimum atomic E-state index is -0.314. The molecule has 3 aliphatic rings. The van der Waals surface area contributed by atoms with Crippen LogP contribution in [0.5, 0.6) is 0 Å². The number of amides is 2. The van der Waals surface area contributed by atoms with Gasteiger partial charge in [0.15, 0.2) is 0 Å². The van der Waals surface area contributed by atoms with E-state index in [0.29, 0.717) is 30.2 Å². The molecule has 4 heteroatoms. The van der Waals surface area contributed by atoms with Gasteiger partial charge < -0.3 is 10.2 Å². The Morgan fingerprint density at radius 3 is 2.32 bits per heavy atom. The van der Waals surface area contributed by atoms with Gasteiger partial charge in [-0.1, -0.05) is 43.2 Å². The van der Waals surface area contributed by atoms with Crippen LogP contribution in [0.15, 0.2) is 30.3 Å². The number of benzene rings is 1.